The molecule has 1 atom stereocenters. The topological polar surface area (TPSA) is 84.1 Å². The van der Waals surface area contributed by atoms with E-state index in [-0.39, 0.29) is 6.61 Å². The van der Waals surface area contributed by atoms with Gasteiger partial charge < -0.3 is 10.1 Å². The fourth-order valence-corrected chi connectivity index (χ4v) is 1.50. The first-order chi connectivity index (χ1) is 9.75. The number of H-pyrrole nitrogens is 1. The van der Waals surface area contributed by atoms with Crippen LogP contribution in [0.1, 0.15) is 19.4 Å². The Hall–Kier alpha value is -2.32. The summed E-state index contributed by atoms with van der Waals surface area (Å²) in [6.07, 6.45) is -1.54. The number of nitrogens with one attached hydrogen (secondary N) is 2. The molecule has 1 unspecified atom stereocenters. The lowest BCUT2D eigenvalue weighted by Gasteiger charge is -2.15. The van der Waals surface area contributed by atoms with Gasteiger partial charge in [-0.1, -0.05) is 6.08 Å². The van der Waals surface area contributed by atoms with Gasteiger partial charge in [-0.05, 0) is 13.8 Å². The van der Waals surface area contributed by atoms with Crippen LogP contribution in [0.15, 0.2) is 23.1 Å². The van der Waals surface area contributed by atoms with Gasteiger partial charge in [0.15, 0.2) is 0 Å². The summed E-state index contributed by atoms with van der Waals surface area (Å²) >= 11 is 0. The van der Waals surface area contributed by atoms with Crippen LogP contribution >= 0.6 is 0 Å². The number of halogens is 3. The van der Waals surface area contributed by atoms with E-state index in [9.17, 15) is 22.8 Å². The van der Waals surface area contributed by atoms with Gasteiger partial charge in [0.1, 0.15) is 5.56 Å². The number of carbonyl (C=O) groups excluding carboxylic acids is 1. The van der Waals surface area contributed by atoms with Crippen LogP contribution in [0.5, 0.6) is 0 Å². The standard InChI is InChI=1S/C12H14F3N3O3/c1-3-21-9(19)5-4-7(2)17-8-6-16-18-11(20)10(8)12(13,14)15/h4-7H,3H2,1-2H3,(H2,17,18,20)/b5-4+. The summed E-state index contributed by atoms with van der Waals surface area (Å²) in [5.74, 6) is -0.605. The predicted molar refractivity (Wildman–Crippen MR) is 68.7 cm³/mol. The zero-order valence-electron chi connectivity index (χ0n) is 11.3. The first-order valence-electron chi connectivity index (χ1n) is 6.02. The quantitative estimate of drug-likeness (QED) is 0.639. The number of hydrogen-bond acceptors (Lipinski definition) is 5. The second-order valence-corrected chi connectivity index (χ2v) is 4.03. The zero-order valence-corrected chi connectivity index (χ0v) is 11.3. The smallest absolute Gasteiger partial charge is 0.423 e. The molecule has 1 rings (SSSR count). The van der Waals surface area contributed by atoms with Crippen LogP contribution in [0.3, 0.4) is 0 Å². The number of ether oxygens (including phenoxy) is 1. The van der Waals surface area contributed by atoms with E-state index in [4.69, 9.17) is 0 Å². The Morgan fingerprint density at radius 1 is 1.57 bits per heavy atom. The van der Waals surface area contributed by atoms with Crippen molar-refractivity contribution < 1.29 is 22.7 Å². The fourth-order valence-electron chi connectivity index (χ4n) is 1.50. The molecule has 21 heavy (non-hydrogen) atoms. The van der Waals surface area contributed by atoms with Crippen molar-refractivity contribution in [2.45, 2.75) is 26.1 Å². The molecule has 6 nitrogen and oxygen atoms in total. The van der Waals surface area contributed by atoms with Crippen molar-refractivity contribution in [3.63, 3.8) is 0 Å². The number of aromatic nitrogens is 2. The molecule has 0 amide bonds. The number of rotatable bonds is 5. The maximum Gasteiger partial charge on any atom is 0.423 e. The van der Waals surface area contributed by atoms with Crippen molar-refractivity contribution in [2.75, 3.05) is 11.9 Å². The summed E-state index contributed by atoms with van der Waals surface area (Å²) in [6, 6.07) is -0.640. The number of aromatic amines is 1. The number of anilines is 1. The van der Waals surface area contributed by atoms with E-state index in [1.54, 1.807) is 12.0 Å². The van der Waals surface area contributed by atoms with Crippen molar-refractivity contribution in [1.29, 1.82) is 0 Å². The maximum atomic E-state index is 12.8. The summed E-state index contributed by atoms with van der Waals surface area (Å²) in [5.41, 5.74) is -3.17. The van der Waals surface area contributed by atoms with Gasteiger partial charge >= 0.3 is 12.1 Å². The molecule has 116 valence electrons. The molecule has 0 aromatic carbocycles. The highest BCUT2D eigenvalue weighted by molar-refractivity contribution is 5.82. The Balaban J connectivity index is 2.91. The van der Waals surface area contributed by atoms with E-state index in [1.807, 2.05) is 0 Å². The first kappa shape index (κ1) is 16.7. The Labute approximate surface area is 118 Å². The van der Waals surface area contributed by atoms with Crippen LogP contribution in [0, 0.1) is 0 Å². The minimum Gasteiger partial charge on any atom is -0.463 e. The van der Waals surface area contributed by atoms with Gasteiger partial charge in [-0.15, -0.1) is 0 Å². The normalized spacial score (nSPS) is 13.2. The molecule has 0 saturated heterocycles. The number of alkyl halides is 3. The Kier molecular flexibility index (Phi) is 5.51. The van der Waals surface area contributed by atoms with Gasteiger partial charge in [0.2, 0.25) is 0 Å². The van der Waals surface area contributed by atoms with E-state index in [2.05, 4.69) is 15.2 Å². The highest BCUT2D eigenvalue weighted by atomic mass is 19.4. The van der Waals surface area contributed by atoms with Crippen LogP contribution in [-0.4, -0.2) is 28.8 Å². The third kappa shape index (κ3) is 4.93. The third-order valence-corrected chi connectivity index (χ3v) is 2.33. The van der Waals surface area contributed by atoms with Crippen LogP contribution in [0.25, 0.3) is 0 Å². The molecule has 2 N–H and O–H groups in total. The number of nitrogens with zero attached hydrogens (tertiary/aromatic N) is 1. The van der Waals surface area contributed by atoms with E-state index >= 15 is 0 Å². The lowest BCUT2D eigenvalue weighted by molar-refractivity contribution is -0.138. The van der Waals surface area contributed by atoms with Gasteiger partial charge in [0.25, 0.3) is 5.56 Å². The molecule has 0 aliphatic carbocycles. The molecule has 0 saturated carbocycles. The first-order valence-corrected chi connectivity index (χ1v) is 6.02. The van der Waals surface area contributed by atoms with E-state index in [0.717, 1.165) is 12.3 Å². The molecule has 1 aromatic rings. The second-order valence-electron chi connectivity index (χ2n) is 4.03. The average Bonchev–Trinajstić information content (AvgIpc) is 2.35. The molecule has 0 radical (unpaired) electrons. The summed E-state index contributed by atoms with van der Waals surface area (Å²) < 4.78 is 43.0. The van der Waals surface area contributed by atoms with Crippen molar-refractivity contribution in [3.05, 3.63) is 34.3 Å². The molecule has 1 heterocycles. The van der Waals surface area contributed by atoms with Gasteiger partial charge in [-0.3, -0.25) is 4.79 Å². The van der Waals surface area contributed by atoms with Gasteiger partial charge in [-0.2, -0.15) is 18.3 Å². The lowest BCUT2D eigenvalue weighted by Crippen LogP contribution is -2.26. The van der Waals surface area contributed by atoms with Crippen molar-refractivity contribution in [2.24, 2.45) is 0 Å². The summed E-state index contributed by atoms with van der Waals surface area (Å²) in [6.45, 7) is 3.34. The molecule has 9 heteroatoms. The minimum absolute atomic E-state index is 0.196. The second kappa shape index (κ2) is 6.91. The third-order valence-electron chi connectivity index (χ3n) is 2.33. The number of hydrogen-bond donors (Lipinski definition) is 2. The maximum absolute atomic E-state index is 12.8. The SMILES string of the molecule is CCOC(=O)/C=C/C(C)Nc1cn[nH]c(=O)c1C(F)(F)F. The van der Waals surface area contributed by atoms with E-state index in [0.29, 0.717) is 0 Å². The highest BCUT2D eigenvalue weighted by Gasteiger charge is 2.37. The largest absolute Gasteiger partial charge is 0.463 e. The zero-order chi connectivity index (χ0) is 16.0. The van der Waals surface area contributed by atoms with Gasteiger partial charge in [0, 0.05) is 12.1 Å². The molecular weight excluding hydrogens is 291 g/mol. The van der Waals surface area contributed by atoms with Crippen LogP contribution in [-0.2, 0) is 15.7 Å². The number of esters is 1. The summed E-state index contributed by atoms with van der Waals surface area (Å²) in [7, 11) is 0. The van der Waals surface area contributed by atoms with Crippen LogP contribution in [0.2, 0.25) is 0 Å². The lowest BCUT2D eigenvalue weighted by atomic mass is 10.2. The molecule has 0 bridgehead atoms. The minimum atomic E-state index is -4.82. The van der Waals surface area contributed by atoms with Crippen molar-refractivity contribution >= 4 is 11.7 Å². The fraction of sp³-hybridized carbons (Fsp3) is 0.417. The van der Waals surface area contributed by atoms with Crippen molar-refractivity contribution in [3.8, 4) is 0 Å². The summed E-state index contributed by atoms with van der Waals surface area (Å²) in [5, 5.41) is 7.51. The van der Waals surface area contributed by atoms with E-state index in [1.165, 1.54) is 13.0 Å². The van der Waals surface area contributed by atoms with Crippen LogP contribution < -0.4 is 10.9 Å². The Morgan fingerprint density at radius 3 is 2.81 bits per heavy atom. The monoisotopic (exact) mass is 305 g/mol. The predicted octanol–water partition coefficient (Wildman–Crippen LogP) is 1.71. The highest BCUT2D eigenvalue weighted by Crippen LogP contribution is 2.31. The summed E-state index contributed by atoms with van der Waals surface area (Å²) in [4.78, 5) is 22.3. The van der Waals surface area contributed by atoms with Crippen molar-refractivity contribution in [1.82, 2.24) is 10.2 Å². The number of carbonyl (C=O) groups is 1. The Morgan fingerprint density at radius 2 is 2.24 bits per heavy atom. The van der Waals surface area contributed by atoms with Gasteiger partial charge in [0.05, 0.1) is 18.5 Å². The Bertz CT molecular complexity index is 581. The molecule has 0 aliphatic rings. The van der Waals surface area contributed by atoms with Crippen LogP contribution in [0.4, 0.5) is 18.9 Å². The molecular formula is C12H14F3N3O3. The molecule has 0 fully saturated rings. The molecule has 0 aliphatic heterocycles. The molecule has 0 spiro atoms. The van der Waals surface area contributed by atoms with Gasteiger partial charge in [-0.25, -0.2) is 9.89 Å². The molecule has 1 aromatic heterocycles. The average molecular weight is 305 g/mol. The van der Waals surface area contributed by atoms with E-state index < -0.39 is 35.0 Å².